The summed E-state index contributed by atoms with van der Waals surface area (Å²) in [6.45, 7) is 4.48. The second kappa shape index (κ2) is 23.0. The summed E-state index contributed by atoms with van der Waals surface area (Å²) in [5, 5.41) is 13.2. The average molecular weight is 566 g/mol. The number of nitrogens with zero attached hydrogens (tertiary/aromatic N) is 2. The second-order valence-corrected chi connectivity index (χ2v) is 11.1. The van der Waals surface area contributed by atoms with Gasteiger partial charge in [0.25, 0.3) is 0 Å². The molecule has 2 N–H and O–H groups in total. The molecule has 41 heavy (non-hydrogen) atoms. The Bertz CT molecular complexity index is 951. The summed E-state index contributed by atoms with van der Waals surface area (Å²) >= 11 is 0. The van der Waals surface area contributed by atoms with Crippen molar-refractivity contribution in [2.45, 2.75) is 135 Å². The number of hydrogen-bond acceptors (Lipinski definition) is 5. The molecule has 2 heterocycles. The van der Waals surface area contributed by atoms with Crippen LogP contribution in [-0.4, -0.2) is 39.7 Å². The zero-order valence-corrected chi connectivity index (χ0v) is 25.7. The van der Waals surface area contributed by atoms with Crippen LogP contribution in [0.25, 0.3) is 11.4 Å². The van der Waals surface area contributed by atoms with Gasteiger partial charge in [-0.05, 0) is 43.5 Å². The molecule has 2 aromatic rings. The van der Waals surface area contributed by atoms with Gasteiger partial charge >= 0.3 is 0 Å². The van der Waals surface area contributed by atoms with Gasteiger partial charge in [0, 0.05) is 12.6 Å². The van der Waals surface area contributed by atoms with E-state index in [2.05, 4.69) is 30.2 Å². The lowest BCUT2D eigenvalue weighted by Gasteiger charge is -2.24. The molecule has 0 bridgehead atoms. The Morgan fingerprint density at radius 1 is 0.854 bits per heavy atom. The fourth-order valence-electron chi connectivity index (χ4n) is 4.91. The number of allylic oxidation sites excluding steroid dienone is 1. The van der Waals surface area contributed by atoms with Crippen molar-refractivity contribution in [3.8, 4) is 11.4 Å². The molecule has 0 fully saturated rings. The van der Waals surface area contributed by atoms with Crippen molar-refractivity contribution < 1.29 is 14.6 Å². The number of amides is 1. The SMILES string of the molecule is CCCCCCCCCCCCCC=C[C@@H](OCc1cccc(-c2ccccn2)n1)C(CO)NC(=O)CCCCC. The van der Waals surface area contributed by atoms with E-state index in [0.717, 1.165) is 49.2 Å². The number of pyridine rings is 2. The van der Waals surface area contributed by atoms with Gasteiger partial charge in [-0.15, -0.1) is 0 Å². The van der Waals surface area contributed by atoms with E-state index in [1.807, 2.05) is 42.5 Å². The number of unbranched alkanes of at least 4 members (excludes halogenated alkanes) is 13. The first-order valence-electron chi connectivity index (χ1n) is 16.2. The molecular formula is C35H55N3O3. The molecule has 2 aromatic heterocycles. The number of rotatable bonds is 24. The van der Waals surface area contributed by atoms with Gasteiger partial charge in [-0.2, -0.15) is 0 Å². The van der Waals surface area contributed by atoms with E-state index < -0.39 is 12.1 Å². The zero-order chi connectivity index (χ0) is 29.4. The predicted molar refractivity (Wildman–Crippen MR) is 169 cm³/mol. The van der Waals surface area contributed by atoms with Crippen LogP contribution in [0.5, 0.6) is 0 Å². The van der Waals surface area contributed by atoms with Crippen molar-refractivity contribution in [2.24, 2.45) is 0 Å². The molecule has 0 saturated heterocycles. The molecular weight excluding hydrogens is 510 g/mol. The molecule has 228 valence electrons. The van der Waals surface area contributed by atoms with Gasteiger partial charge in [-0.1, -0.05) is 115 Å². The van der Waals surface area contributed by atoms with Gasteiger partial charge < -0.3 is 15.2 Å². The number of ether oxygens (including phenoxy) is 1. The van der Waals surface area contributed by atoms with Gasteiger partial charge in [0.1, 0.15) is 0 Å². The van der Waals surface area contributed by atoms with Gasteiger partial charge in [0.2, 0.25) is 5.91 Å². The monoisotopic (exact) mass is 565 g/mol. The maximum atomic E-state index is 12.5. The Kier molecular flexibility index (Phi) is 19.5. The molecule has 0 spiro atoms. The number of carbonyl (C=O) groups excluding carboxylic acids is 1. The lowest BCUT2D eigenvalue weighted by Crippen LogP contribution is -2.46. The normalized spacial score (nSPS) is 13.0. The van der Waals surface area contributed by atoms with E-state index in [0.29, 0.717) is 6.42 Å². The first kappa shape index (κ1) is 34.6. The third kappa shape index (κ3) is 15.9. The highest BCUT2D eigenvalue weighted by Gasteiger charge is 2.21. The van der Waals surface area contributed by atoms with Crippen LogP contribution in [0.4, 0.5) is 0 Å². The van der Waals surface area contributed by atoms with E-state index in [9.17, 15) is 9.90 Å². The Morgan fingerprint density at radius 3 is 2.17 bits per heavy atom. The van der Waals surface area contributed by atoms with Crippen LogP contribution >= 0.6 is 0 Å². The van der Waals surface area contributed by atoms with E-state index in [4.69, 9.17) is 9.72 Å². The maximum Gasteiger partial charge on any atom is 0.220 e. The molecule has 2 rings (SSSR count). The number of carbonyl (C=O) groups is 1. The minimum Gasteiger partial charge on any atom is -0.394 e. The third-order valence-corrected chi connectivity index (χ3v) is 7.40. The number of aromatic nitrogens is 2. The molecule has 2 atom stereocenters. The molecule has 0 aliphatic rings. The Labute approximate surface area is 249 Å². The van der Waals surface area contributed by atoms with Crippen molar-refractivity contribution in [2.75, 3.05) is 6.61 Å². The van der Waals surface area contributed by atoms with Gasteiger partial charge in [-0.25, -0.2) is 4.98 Å². The molecule has 0 radical (unpaired) electrons. The summed E-state index contributed by atoms with van der Waals surface area (Å²) in [5.41, 5.74) is 2.38. The fraction of sp³-hybridized carbons (Fsp3) is 0.629. The summed E-state index contributed by atoms with van der Waals surface area (Å²) in [6.07, 6.45) is 24.4. The van der Waals surface area contributed by atoms with Gasteiger partial charge in [0.05, 0.1) is 42.4 Å². The van der Waals surface area contributed by atoms with Crippen molar-refractivity contribution in [3.63, 3.8) is 0 Å². The summed E-state index contributed by atoms with van der Waals surface area (Å²) in [7, 11) is 0. The largest absolute Gasteiger partial charge is 0.394 e. The number of aliphatic hydroxyl groups excluding tert-OH is 1. The molecule has 0 aliphatic heterocycles. The average Bonchev–Trinajstić information content (AvgIpc) is 3.00. The maximum absolute atomic E-state index is 12.5. The highest BCUT2D eigenvalue weighted by atomic mass is 16.5. The number of aliphatic hydroxyl groups is 1. The zero-order valence-electron chi connectivity index (χ0n) is 25.7. The summed E-state index contributed by atoms with van der Waals surface area (Å²) in [6, 6.07) is 11.1. The van der Waals surface area contributed by atoms with E-state index in [1.54, 1.807) is 6.20 Å². The van der Waals surface area contributed by atoms with Crippen molar-refractivity contribution >= 4 is 5.91 Å². The van der Waals surface area contributed by atoms with Crippen LogP contribution in [0, 0.1) is 0 Å². The van der Waals surface area contributed by atoms with Crippen LogP contribution < -0.4 is 5.32 Å². The van der Waals surface area contributed by atoms with Crippen LogP contribution in [0.2, 0.25) is 0 Å². The molecule has 6 nitrogen and oxygen atoms in total. The highest BCUT2D eigenvalue weighted by molar-refractivity contribution is 5.76. The third-order valence-electron chi connectivity index (χ3n) is 7.40. The molecule has 0 saturated carbocycles. The Hall–Kier alpha value is -2.57. The highest BCUT2D eigenvalue weighted by Crippen LogP contribution is 2.16. The van der Waals surface area contributed by atoms with E-state index in [-0.39, 0.29) is 19.1 Å². The first-order chi connectivity index (χ1) is 20.2. The van der Waals surface area contributed by atoms with E-state index >= 15 is 0 Å². The molecule has 6 heteroatoms. The molecule has 0 aliphatic carbocycles. The first-order valence-corrected chi connectivity index (χ1v) is 16.2. The topological polar surface area (TPSA) is 84.3 Å². The van der Waals surface area contributed by atoms with Crippen molar-refractivity contribution in [1.29, 1.82) is 0 Å². The lowest BCUT2D eigenvalue weighted by atomic mass is 10.0. The van der Waals surface area contributed by atoms with Crippen LogP contribution in [0.1, 0.15) is 122 Å². The summed E-state index contributed by atoms with van der Waals surface area (Å²) < 4.78 is 6.26. The quantitative estimate of drug-likeness (QED) is 0.0987. The predicted octanol–water partition coefficient (Wildman–Crippen LogP) is 8.34. The minimum atomic E-state index is -0.503. The molecule has 1 amide bonds. The van der Waals surface area contributed by atoms with Gasteiger partial charge in [-0.3, -0.25) is 9.78 Å². The standard InChI is InChI=1S/C35H55N3O3/c1-3-5-7-8-9-10-11-12-13-14-15-16-18-25-34(33(28-39)38-35(40)26-17-6-4-2)41-29-30-22-21-24-32(37-30)31-23-19-20-27-36-31/h18-25,27,33-34,39H,3-17,26,28-29H2,1-2H3,(H,38,40)/t33?,34-/m1/s1. The fourth-order valence-corrected chi connectivity index (χ4v) is 4.91. The summed E-state index contributed by atoms with van der Waals surface area (Å²) in [4.78, 5) is 21.6. The van der Waals surface area contributed by atoms with Crippen LogP contribution in [0.15, 0.2) is 54.7 Å². The molecule has 0 aromatic carbocycles. The Balaban J connectivity index is 1.86. The van der Waals surface area contributed by atoms with Crippen molar-refractivity contribution in [1.82, 2.24) is 15.3 Å². The number of hydrogen-bond donors (Lipinski definition) is 2. The number of nitrogens with one attached hydrogen (secondary N) is 1. The van der Waals surface area contributed by atoms with Crippen molar-refractivity contribution in [3.05, 3.63) is 60.4 Å². The minimum absolute atomic E-state index is 0.0415. The summed E-state index contributed by atoms with van der Waals surface area (Å²) in [5.74, 6) is -0.0415. The van der Waals surface area contributed by atoms with Gasteiger partial charge in [0.15, 0.2) is 0 Å². The van der Waals surface area contributed by atoms with Crippen LogP contribution in [-0.2, 0) is 16.1 Å². The molecule has 1 unspecified atom stereocenters. The second-order valence-electron chi connectivity index (χ2n) is 11.1. The smallest absolute Gasteiger partial charge is 0.220 e. The lowest BCUT2D eigenvalue weighted by molar-refractivity contribution is -0.123. The Morgan fingerprint density at radius 2 is 1.51 bits per heavy atom. The van der Waals surface area contributed by atoms with E-state index in [1.165, 1.54) is 64.2 Å². The van der Waals surface area contributed by atoms with Crippen LogP contribution in [0.3, 0.4) is 0 Å².